The van der Waals surface area contributed by atoms with E-state index < -0.39 is 0 Å². The Bertz CT molecular complexity index is 581. The molecule has 0 saturated carbocycles. The van der Waals surface area contributed by atoms with Crippen molar-refractivity contribution in [3.63, 3.8) is 0 Å². The van der Waals surface area contributed by atoms with Crippen molar-refractivity contribution < 1.29 is 9.90 Å². The Hall–Kier alpha value is -2.27. The van der Waals surface area contributed by atoms with E-state index in [1.807, 2.05) is 60.4 Å². The van der Waals surface area contributed by atoms with Gasteiger partial charge in [0.1, 0.15) is 0 Å². The summed E-state index contributed by atoms with van der Waals surface area (Å²) in [5.74, 6) is 0. The van der Waals surface area contributed by atoms with Gasteiger partial charge in [-0.3, -0.25) is 0 Å². The van der Waals surface area contributed by atoms with E-state index in [1.165, 1.54) is 0 Å². The van der Waals surface area contributed by atoms with Crippen LogP contribution in [0.25, 0.3) is 0 Å². The lowest BCUT2D eigenvalue weighted by atomic mass is 10.0. The second kappa shape index (κ2) is 8.24. The van der Waals surface area contributed by atoms with E-state index in [2.05, 4.69) is 10.6 Å². The number of aromatic nitrogens is 1. The fraction of sp³-hybridized carbons (Fsp3) is 0.353. The molecule has 0 radical (unpaired) electrons. The summed E-state index contributed by atoms with van der Waals surface area (Å²) in [5, 5.41) is 14.9. The summed E-state index contributed by atoms with van der Waals surface area (Å²) in [6.45, 7) is 0.616. The van der Waals surface area contributed by atoms with Crippen LogP contribution in [0.4, 0.5) is 4.79 Å². The number of aliphatic hydroxyl groups is 1. The SMILES string of the molecule is Cn1ccc(CNC(=O)NC(CCCO)c2ccccc2)c1. The average molecular weight is 301 g/mol. The topological polar surface area (TPSA) is 66.3 Å². The lowest BCUT2D eigenvalue weighted by molar-refractivity contribution is 0.232. The number of rotatable bonds is 7. The molecule has 1 unspecified atom stereocenters. The van der Waals surface area contributed by atoms with Gasteiger partial charge in [0.2, 0.25) is 0 Å². The van der Waals surface area contributed by atoms with Gasteiger partial charge in [-0.1, -0.05) is 30.3 Å². The van der Waals surface area contributed by atoms with Crippen LogP contribution in [0.15, 0.2) is 48.8 Å². The maximum Gasteiger partial charge on any atom is 0.315 e. The lowest BCUT2D eigenvalue weighted by Gasteiger charge is -2.19. The first-order valence-electron chi connectivity index (χ1n) is 7.50. The van der Waals surface area contributed by atoms with Gasteiger partial charge in [0.05, 0.1) is 6.04 Å². The molecule has 5 nitrogen and oxygen atoms in total. The van der Waals surface area contributed by atoms with Crippen LogP contribution < -0.4 is 10.6 Å². The van der Waals surface area contributed by atoms with Crippen LogP contribution in [0.5, 0.6) is 0 Å². The number of hydrogen-bond acceptors (Lipinski definition) is 2. The Balaban J connectivity index is 1.90. The smallest absolute Gasteiger partial charge is 0.315 e. The molecule has 118 valence electrons. The molecule has 5 heteroatoms. The van der Waals surface area contributed by atoms with Crippen LogP contribution in [-0.4, -0.2) is 22.3 Å². The molecule has 0 fully saturated rings. The van der Waals surface area contributed by atoms with Crippen LogP contribution >= 0.6 is 0 Å². The summed E-state index contributed by atoms with van der Waals surface area (Å²) >= 11 is 0. The number of urea groups is 1. The Labute approximate surface area is 131 Å². The fourth-order valence-electron chi connectivity index (χ4n) is 2.36. The van der Waals surface area contributed by atoms with Gasteiger partial charge in [-0.15, -0.1) is 0 Å². The van der Waals surface area contributed by atoms with E-state index in [9.17, 15) is 4.79 Å². The first-order valence-corrected chi connectivity index (χ1v) is 7.50. The third-order valence-corrected chi connectivity index (χ3v) is 3.50. The van der Waals surface area contributed by atoms with Gasteiger partial charge in [0.15, 0.2) is 0 Å². The number of hydrogen-bond donors (Lipinski definition) is 3. The number of nitrogens with zero attached hydrogens (tertiary/aromatic N) is 1. The molecular weight excluding hydrogens is 278 g/mol. The summed E-state index contributed by atoms with van der Waals surface area (Å²) in [6, 6.07) is 11.5. The molecule has 2 amide bonds. The van der Waals surface area contributed by atoms with E-state index in [-0.39, 0.29) is 18.7 Å². The van der Waals surface area contributed by atoms with Crippen LogP contribution in [0.1, 0.15) is 30.0 Å². The van der Waals surface area contributed by atoms with E-state index in [0.717, 1.165) is 11.1 Å². The van der Waals surface area contributed by atoms with Gasteiger partial charge in [-0.25, -0.2) is 4.79 Å². The first kappa shape index (κ1) is 16.1. The van der Waals surface area contributed by atoms with Gasteiger partial charge in [-0.2, -0.15) is 0 Å². The number of aliphatic hydroxyl groups excluding tert-OH is 1. The zero-order valence-corrected chi connectivity index (χ0v) is 12.8. The zero-order chi connectivity index (χ0) is 15.8. The summed E-state index contributed by atoms with van der Waals surface area (Å²) in [4.78, 5) is 12.1. The normalized spacial score (nSPS) is 11.9. The third-order valence-electron chi connectivity index (χ3n) is 3.50. The minimum Gasteiger partial charge on any atom is -0.396 e. The van der Waals surface area contributed by atoms with Crippen molar-refractivity contribution in [2.24, 2.45) is 7.05 Å². The second-order valence-electron chi connectivity index (χ2n) is 5.34. The molecule has 0 bridgehead atoms. The van der Waals surface area contributed by atoms with Gasteiger partial charge in [0.25, 0.3) is 0 Å². The number of aryl methyl sites for hydroxylation is 1. The quantitative estimate of drug-likeness (QED) is 0.735. The standard InChI is InChI=1S/C17H23N3O2/c1-20-10-9-14(13-20)12-18-17(22)19-16(8-5-11-21)15-6-3-2-4-7-15/h2-4,6-7,9-10,13,16,21H,5,8,11-12H2,1H3,(H2,18,19,22). The minimum atomic E-state index is -0.198. The third kappa shape index (κ3) is 4.93. The van der Waals surface area contributed by atoms with E-state index in [1.54, 1.807) is 0 Å². The summed E-state index contributed by atoms with van der Waals surface area (Å²) in [7, 11) is 1.95. The number of nitrogens with one attached hydrogen (secondary N) is 2. The van der Waals surface area contributed by atoms with Crippen molar-refractivity contribution in [3.05, 3.63) is 59.9 Å². The maximum absolute atomic E-state index is 12.1. The zero-order valence-electron chi connectivity index (χ0n) is 12.8. The van der Waals surface area contributed by atoms with Gasteiger partial charge >= 0.3 is 6.03 Å². The van der Waals surface area contributed by atoms with Crippen LogP contribution in [-0.2, 0) is 13.6 Å². The molecule has 2 aromatic rings. The average Bonchev–Trinajstić information content (AvgIpc) is 2.96. The number of carbonyl (C=O) groups excluding carboxylic acids is 1. The Morgan fingerprint density at radius 1 is 1.27 bits per heavy atom. The largest absolute Gasteiger partial charge is 0.396 e. The fourth-order valence-corrected chi connectivity index (χ4v) is 2.36. The predicted molar refractivity (Wildman–Crippen MR) is 86.3 cm³/mol. The van der Waals surface area contributed by atoms with Crippen molar-refractivity contribution in [2.75, 3.05) is 6.61 Å². The van der Waals surface area contributed by atoms with Crippen molar-refractivity contribution in [2.45, 2.75) is 25.4 Å². The van der Waals surface area contributed by atoms with Crippen LogP contribution in [0.3, 0.4) is 0 Å². The van der Waals surface area contributed by atoms with Crippen molar-refractivity contribution in [1.29, 1.82) is 0 Å². The number of amides is 2. The molecule has 2 rings (SSSR count). The molecule has 1 aromatic heterocycles. The summed E-state index contributed by atoms with van der Waals surface area (Å²) < 4.78 is 1.95. The minimum absolute atomic E-state index is 0.0934. The van der Waals surface area contributed by atoms with Crippen LogP contribution in [0, 0.1) is 0 Å². The molecular formula is C17H23N3O2. The number of benzene rings is 1. The second-order valence-corrected chi connectivity index (χ2v) is 5.34. The molecule has 1 aromatic carbocycles. The molecule has 0 aliphatic heterocycles. The van der Waals surface area contributed by atoms with Crippen molar-refractivity contribution >= 4 is 6.03 Å². The molecule has 1 atom stereocenters. The highest BCUT2D eigenvalue weighted by Gasteiger charge is 2.13. The van der Waals surface area contributed by atoms with Crippen LogP contribution in [0.2, 0.25) is 0 Å². The molecule has 0 spiro atoms. The highest BCUT2D eigenvalue weighted by atomic mass is 16.3. The van der Waals surface area contributed by atoms with E-state index in [4.69, 9.17) is 5.11 Å². The van der Waals surface area contributed by atoms with Gasteiger partial charge in [-0.05, 0) is 30.0 Å². The first-order chi connectivity index (χ1) is 10.7. The Morgan fingerprint density at radius 2 is 2.05 bits per heavy atom. The Morgan fingerprint density at radius 3 is 2.68 bits per heavy atom. The monoisotopic (exact) mass is 301 g/mol. The van der Waals surface area contributed by atoms with Gasteiger partial charge in [0, 0.05) is 32.6 Å². The molecule has 1 heterocycles. The molecule has 0 saturated heterocycles. The van der Waals surface area contributed by atoms with Gasteiger partial charge < -0.3 is 20.3 Å². The number of carbonyl (C=O) groups is 1. The molecule has 0 aliphatic carbocycles. The highest BCUT2D eigenvalue weighted by Crippen LogP contribution is 2.17. The molecule has 22 heavy (non-hydrogen) atoms. The Kier molecular flexibility index (Phi) is 6.03. The van der Waals surface area contributed by atoms with E-state index in [0.29, 0.717) is 19.4 Å². The molecule has 0 aliphatic rings. The van der Waals surface area contributed by atoms with Crippen molar-refractivity contribution in [3.8, 4) is 0 Å². The predicted octanol–water partition coefficient (Wildman–Crippen LogP) is 2.34. The summed E-state index contributed by atoms with van der Waals surface area (Å²) in [6.07, 6.45) is 5.28. The maximum atomic E-state index is 12.1. The van der Waals surface area contributed by atoms with Crippen molar-refractivity contribution in [1.82, 2.24) is 15.2 Å². The molecule has 3 N–H and O–H groups in total. The van der Waals surface area contributed by atoms with E-state index >= 15 is 0 Å². The summed E-state index contributed by atoms with van der Waals surface area (Å²) in [5.41, 5.74) is 2.11. The highest BCUT2D eigenvalue weighted by molar-refractivity contribution is 5.74. The lowest BCUT2D eigenvalue weighted by Crippen LogP contribution is -2.37.